The number of nitrogens with zero attached hydrogens (tertiary/aromatic N) is 2. The molecule has 3 atom stereocenters. The lowest BCUT2D eigenvalue weighted by atomic mass is 10.1. The van der Waals surface area contributed by atoms with Gasteiger partial charge in [-0.1, -0.05) is 0 Å². The fraction of sp³-hybridized carbons (Fsp3) is 0.556. The standard InChI is InChI=1S/C9H10F2N2O4/c10-9(11)6(15)5(4-14)17-7(9)13-3-1-2-12-8(13)16/h1-3,5-7,14-15H,4H2. The van der Waals surface area contributed by atoms with Gasteiger partial charge in [0.25, 0.3) is 0 Å². The topological polar surface area (TPSA) is 84.6 Å². The highest BCUT2D eigenvalue weighted by Crippen LogP contribution is 2.41. The Balaban J connectivity index is 2.41. The van der Waals surface area contributed by atoms with Gasteiger partial charge in [0.2, 0.25) is 6.23 Å². The van der Waals surface area contributed by atoms with E-state index in [-0.39, 0.29) is 0 Å². The minimum Gasteiger partial charge on any atom is -0.394 e. The highest BCUT2D eigenvalue weighted by molar-refractivity contribution is 4.97. The smallest absolute Gasteiger partial charge is 0.349 e. The van der Waals surface area contributed by atoms with Crippen molar-refractivity contribution in [2.75, 3.05) is 6.61 Å². The second-order valence-corrected chi connectivity index (χ2v) is 3.64. The Kier molecular flexibility index (Phi) is 2.94. The molecule has 0 radical (unpaired) electrons. The quantitative estimate of drug-likeness (QED) is 0.710. The number of rotatable bonds is 2. The second kappa shape index (κ2) is 4.13. The van der Waals surface area contributed by atoms with Crippen LogP contribution in [-0.4, -0.2) is 44.5 Å². The first kappa shape index (κ1) is 12.1. The molecule has 1 aromatic heterocycles. The highest BCUT2D eigenvalue weighted by atomic mass is 19.3. The van der Waals surface area contributed by atoms with E-state index in [0.29, 0.717) is 4.57 Å². The fourth-order valence-corrected chi connectivity index (χ4v) is 1.67. The maximum Gasteiger partial charge on any atom is 0.349 e. The highest BCUT2D eigenvalue weighted by Gasteiger charge is 2.59. The van der Waals surface area contributed by atoms with Gasteiger partial charge in [-0.25, -0.2) is 9.78 Å². The number of aliphatic hydroxyl groups is 2. The molecule has 0 saturated carbocycles. The minimum atomic E-state index is -3.67. The molecule has 0 bridgehead atoms. The summed E-state index contributed by atoms with van der Waals surface area (Å²) in [5.74, 6) is -3.67. The first-order valence-corrected chi connectivity index (χ1v) is 4.84. The molecule has 2 heterocycles. The lowest BCUT2D eigenvalue weighted by Gasteiger charge is -2.20. The van der Waals surface area contributed by atoms with Crippen LogP contribution in [0.2, 0.25) is 0 Å². The predicted octanol–water partition coefficient (Wildman–Crippen LogP) is -0.871. The van der Waals surface area contributed by atoms with Gasteiger partial charge in [-0.15, -0.1) is 0 Å². The minimum absolute atomic E-state index is 0.582. The van der Waals surface area contributed by atoms with Crippen LogP contribution in [0, 0.1) is 0 Å². The molecule has 1 saturated heterocycles. The van der Waals surface area contributed by atoms with Gasteiger partial charge in [-0.05, 0) is 6.07 Å². The number of ether oxygens (including phenoxy) is 1. The molecule has 94 valence electrons. The van der Waals surface area contributed by atoms with Gasteiger partial charge in [0.15, 0.2) is 6.10 Å². The van der Waals surface area contributed by atoms with Crippen molar-refractivity contribution in [3.63, 3.8) is 0 Å². The van der Waals surface area contributed by atoms with Crippen LogP contribution in [0.25, 0.3) is 0 Å². The van der Waals surface area contributed by atoms with Crippen molar-refractivity contribution in [3.8, 4) is 0 Å². The van der Waals surface area contributed by atoms with Gasteiger partial charge >= 0.3 is 11.6 Å². The molecule has 0 spiro atoms. The number of halogens is 2. The number of aliphatic hydroxyl groups excluding tert-OH is 2. The molecule has 0 amide bonds. The molecular weight excluding hydrogens is 238 g/mol. The summed E-state index contributed by atoms with van der Waals surface area (Å²) in [5.41, 5.74) is -0.914. The molecule has 2 N–H and O–H groups in total. The van der Waals surface area contributed by atoms with Crippen LogP contribution < -0.4 is 5.69 Å². The van der Waals surface area contributed by atoms with Crippen molar-refractivity contribution in [3.05, 3.63) is 28.9 Å². The van der Waals surface area contributed by atoms with Crippen LogP contribution in [-0.2, 0) is 4.74 Å². The third-order valence-corrected chi connectivity index (χ3v) is 2.55. The van der Waals surface area contributed by atoms with Gasteiger partial charge < -0.3 is 14.9 Å². The van der Waals surface area contributed by atoms with Crippen molar-refractivity contribution in [1.29, 1.82) is 0 Å². The van der Waals surface area contributed by atoms with E-state index in [0.717, 1.165) is 12.4 Å². The number of alkyl halides is 2. The van der Waals surface area contributed by atoms with Gasteiger partial charge in [0.05, 0.1) is 6.61 Å². The summed E-state index contributed by atoms with van der Waals surface area (Å²) >= 11 is 0. The van der Waals surface area contributed by atoms with Crippen molar-refractivity contribution < 1.29 is 23.7 Å². The van der Waals surface area contributed by atoms with Crippen LogP contribution in [0.1, 0.15) is 6.23 Å². The van der Waals surface area contributed by atoms with Gasteiger partial charge in [-0.2, -0.15) is 8.78 Å². The number of hydrogen-bond donors (Lipinski definition) is 2. The molecule has 8 heteroatoms. The first-order valence-electron chi connectivity index (χ1n) is 4.84. The Labute approximate surface area is 94.1 Å². The maximum absolute atomic E-state index is 13.6. The van der Waals surface area contributed by atoms with E-state index in [1.165, 1.54) is 6.07 Å². The molecule has 17 heavy (non-hydrogen) atoms. The Morgan fingerprint density at radius 1 is 1.59 bits per heavy atom. The Morgan fingerprint density at radius 2 is 2.29 bits per heavy atom. The third kappa shape index (κ3) is 1.84. The lowest BCUT2D eigenvalue weighted by molar-refractivity contribution is -0.141. The van der Waals surface area contributed by atoms with E-state index in [4.69, 9.17) is 9.84 Å². The molecular formula is C9H10F2N2O4. The molecule has 1 fully saturated rings. The summed E-state index contributed by atoms with van der Waals surface area (Å²) in [5, 5.41) is 18.0. The lowest BCUT2D eigenvalue weighted by Crippen LogP contribution is -2.41. The van der Waals surface area contributed by atoms with E-state index in [9.17, 15) is 18.7 Å². The first-order chi connectivity index (χ1) is 7.98. The van der Waals surface area contributed by atoms with Crippen LogP contribution >= 0.6 is 0 Å². The summed E-state index contributed by atoms with van der Waals surface area (Å²) in [6.07, 6.45) is -3.31. The Morgan fingerprint density at radius 3 is 2.82 bits per heavy atom. The normalized spacial score (nSPS) is 31.6. The van der Waals surface area contributed by atoms with E-state index in [1.807, 2.05) is 0 Å². The van der Waals surface area contributed by atoms with Crippen LogP contribution in [0.3, 0.4) is 0 Å². The van der Waals surface area contributed by atoms with E-state index in [2.05, 4.69) is 4.98 Å². The average Bonchev–Trinajstić information content (AvgIpc) is 2.52. The summed E-state index contributed by atoms with van der Waals surface area (Å²) < 4.78 is 32.6. The second-order valence-electron chi connectivity index (χ2n) is 3.64. The van der Waals surface area contributed by atoms with Gasteiger partial charge in [0.1, 0.15) is 6.10 Å². The zero-order valence-corrected chi connectivity index (χ0v) is 8.53. The SMILES string of the molecule is O=c1ncccn1C1OC(CO)C(O)C1(F)F. The summed E-state index contributed by atoms with van der Waals surface area (Å²) in [4.78, 5) is 14.6. The summed E-state index contributed by atoms with van der Waals surface area (Å²) in [6.45, 7) is -0.762. The van der Waals surface area contributed by atoms with E-state index < -0.39 is 36.7 Å². The summed E-state index contributed by atoms with van der Waals surface area (Å²) in [7, 11) is 0. The van der Waals surface area contributed by atoms with Crippen LogP contribution in [0.4, 0.5) is 8.78 Å². The van der Waals surface area contributed by atoms with Crippen LogP contribution in [0.15, 0.2) is 23.3 Å². The monoisotopic (exact) mass is 248 g/mol. The largest absolute Gasteiger partial charge is 0.394 e. The average molecular weight is 248 g/mol. The predicted molar refractivity (Wildman–Crippen MR) is 50.4 cm³/mol. The van der Waals surface area contributed by atoms with Crippen molar-refractivity contribution in [1.82, 2.24) is 9.55 Å². The molecule has 2 rings (SSSR count). The fourth-order valence-electron chi connectivity index (χ4n) is 1.67. The number of hydrogen-bond acceptors (Lipinski definition) is 5. The van der Waals surface area contributed by atoms with Crippen molar-refractivity contribution in [2.24, 2.45) is 0 Å². The Bertz CT molecular complexity index is 464. The summed E-state index contributed by atoms with van der Waals surface area (Å²) in [6, 6.07) is 1.29. The van der Waals surface area contributed by atoms with Crippen molar-refractivity contribution >= 4 is 0 Å². The van der Waals surface area contributed by atoms with Crippen molar-refractivity contribution in [2.45, 2.75) is 24.4 Å². The molecule has 0 aromatic carbocycles. The molecule has 1 aliphatic rings. The third-order valence-electron chi connectivity index (χ3n) is 2.55. The zero-order valence-electron chi connectivity index (χ0n) is 8.53. The van der Waals surface area contributed by atoms with Gasteiger partial charge in [0, 0.05) is 12.4 Å². The molecule has 1 aromatic rings. The van der Waals surface area contributed by atoms with E-state index >= 15 is 0 Å². The molecule has 0 aliphatic carbocycles. The van der Waals surface area contributed by atoms with Gasteiger partial charge in [-0.3, -0.25) is 4.57 Å². The zero-order chi connectivity index (χ0) is 12.6. The van der Waals surface area contributed by atoms with Crippen LogP contribution in [0.5, 0.6) is 0 Å². The molecule has 1 aliphatic heterocycles. The molecule has 6 nitrogen and oxygen atoms in total. The maximum atomic E-state index is 13.6. The van der Waals surface area contributed by atoms with E-state index in [1.54, 1.807) is 0 Å². The number of aromatic nitrogens is 2. The molecule has 3 unspecified atom stereocenters. The Hall–Kier alpha value is -1.38.